The number of ether oxygens (including phenoxy) is 1. The number of aromatic nitrogens is 3. The third-order valence-corrected chi connectivity index (χ3v) is 5.20. The van der Waals surface area contributed by atoms with Gasteiger partial charge in [0.25, 0.3) is 0 Å². The summed E-state index contributed by atoms with van der Waals surface area (Å²) in [5, 5.41) is 4.71. The monoisotopic (exact) mass is 331 g/mol. The molecule has 0 saturated heterocycles. The van der Waals surface area contributed by atoms with Gasteiger partial charge in [-0.05, 0) is 43.4 Å². The van der Waals surface area contributed by atoms with E-state index in [1.165, 1.54) is 30.4 Å². The van der Waals surface area contributed by atoms with E-state index in [2.05, 4.69) is 36.4 Å². The zero-order chi connectivity index (χ0) is 16.6. The highest BCUT2D eigenvalue weighted by Crippen LogP contribution is 2.32. The van der Waals surface area contributed by atoms with E-state index in [0.29, 0.717) is 6.10 Å². The van der Waals surface area contributed by atoms with Crippen molar-refractivity contribution < 1.29 is 4.74 Å². The molecule has 1 fully saturated rings. The van der Waals surface area contributed by atoms with E-state index < -0.39 is 0 Å². The van der Waals surface area contributed by atoms with Crippen molar-refractivity contribution in [2.24, 2.45) is 0 Å². The van der Waals surface area contributed by atoms with Crippen LogP contribution in [-0.2, 0) is 6.54 Å². The minimum atomic E-state index is 0.357. The predicted octanol–water partition coefficient (Wildman–Crippen LogP) is 4.69. The molecule has 1 aliphatic carbocycles. The molecule has 1 saturated carbocycles. The highest BCUT2D eigenvalue weighted by atomic mass is 16.5. The number of benzene rings is 2. The molecule has 0 radical (unpaired) electrons. The largest absolute Gasteiger partial charge is 0.490 e. The smallest absolute Gasteiger partial charge is 0.181 e. The lowest BCUT2D eigenvalue weighted by Gasteiger charge is -2.23. The molecular weight excluding hydrogens is 310 g/mol. The lowest BCUT2D eigenvalue weighted by molar-refractivity contribution is 0.155. The Morgan fingerprint density at radius 2 is 1.84 bits per heavy atom. The van der Waals surface area contributed by atoms with Gasteiger partial charge in [-0.25, -0.2) is 9.67 Å². The van der Waals surface area contributed by atoms with Gasteiger partial charge in [0.1, 0.15) is 5.75 Å². The van der Waals surface area contributed by atoms with Crippen LogP contribution in [-0.4, -0.2) is 20.9 Å². The van der Waals surface area contributed by atoms with E-state index in [0.717, 1.165) is 42.3 Å². The second kappa shape index (κ2) is 6.03. The zero-order valence-corrected chi connectivity index (χ0v) is 14.2. The molecule has 0 spiro atoms. The van der Waals surface area contributed by atoms with Crippen LogP contribution in [0.5, 0.6) is 5.75 Å². The van der Waals surface area contributed by atoms with Crippen molar-refractivity contribution in [3.63, 3.8) is 0 Å². The molecule has 0 bridgehead atoms. The second-order valence-electron chi connectivity index (χ2n) is 6.98. The summed E-state index contributed by atoms with van der Waals surface area (Å²) in [6.45, 7) is 0.802. The van der Waals surface area contributed by atoms with Gasteiger partial charge in [-0.15, -0.1) is 0 Å². The summed E-state index contributed by atoms with van der Waals surface area (Å²) >= 11 is 0. The van der Waals surface area contributed by atoms with Crippen LogP contribution < -0.4 is 4.74 Å². The molecule has 1 aromatic heterocycles. The van der Waals surface area contributed by atoms with Gasteiger partial charge in [-0.2, -0.15) is 5.10 Å². The second-order valence-corrected chi connectivity index (χ2v) is 6.98. The minimum absolute atomic E-state index is 0.357. The molecule has 4 heteroatoms. The van der Waals surface area contributed by atoms with E-state index >= 15 is 0 Å². The summed E-state index contributed by atoms with van der Waals surface area (Å²) < 4.78 is 8.18. The molecule has 3 aromatic rings. The Kier molecular flexibility index (Phi) is 3.54. The minimum Gasteiger partial charge on any atom is -0.490 e. The molecule has 2 aliphatic rings. The molecule has 5 rings (SSSR count). The van der Waals surface area contributed by atoms with Gasteiger partial charge >= 0.3 is 0 Å². The fraction of sp³-hybridized carbons (Fsp3) is 0.333. The Labute approximate surface area is 147 Å². The Morgan fingerprint density at radius 1 is 0.960 bits per heavy atom. The molecule has 0 unspecified atom stereocenters. The van der Waals surface area contributed by atoms with Crippen LogP contribution in [0.25, 0.3) is 22.8 Å². The summed E-state index contributed by atoms with van der Waals surface area (Å²) in [5.74, 6) is 2.67. The summed E-state index contributed by atoms with van der Waals surface area (Å²) in [5.41, 5.74) is 3.50. The fourth-order valence-electron chi connectivity index (χ4n) is 3.90. The zero-order valence-electron chi connectivity index (χ0n) is 14.2. The molecule has 0 N–H and O–H groups in total. The summed E-state index contributed by atoms with van der Waals surface area (Å²) in [4.78, 5) is 4.79. The van der Waals surface area contributed by atoms with Gasteiger partial charge in [0.15, 0.2) is 11.6 Å². The standard InChI is InChI=1S/C21H21N3O/c1-2-9-17(10-3-1)25-18-11-6-8-15(13-18)20-22-21-19-12-5-4-7-16(19)14-24(21)23-20/h4-8,11-13,17H,1-3,9-10,14H2. The topological polar surface area (TPSA) is 39.9 Å². The van der Waals surface area contributed by atoms with Crippen molar-refractivity contribution in [2.45, 2.75) is 44.8 Å². The van der Waals surface area contributed by atoms with Crippen molar-refractivity contribution in [1.82, 2.24) is 14.8 Å². The lowest BCUT2D eigenvalue weighted by Crippen LogP contribution is -2.19. The van der Waals surface area contributed by atoms with E-state index in [-0.39, 0.29) is 0 Å². The summed E-state index contributed by atoms with van der Waals surface area (Å²) in [6.07, 6.45) is 6.58. The molecule has 2 heterocycles. The third kappa shape index (κ3) is 2.72. The molecule has 126 valence electrons. The molecule has 0 atom stereocenters. The van der Waals surface area contributed by atoms with Crippen LogP contribution in [0.1, 0.15) is 37.7 Å². The summed E-state index contributed by atoms with van der Waals surface area (Å²) in [6, 6.07) is 16.6. The molecule has 1 aliphatic heterocycles. The maximum atomic E-state index is 6.19. The van der Waals surface area contributed by atoms with Gasteiger partial charge in [0.2, 0.25) is 0 Å². The van der Waals surface area contributed by atoms with Crippen LogP contribution in [0.4, 0.5) is 0 Å². The van der Waals surface area contributed by atoms with E-state index in [9.17, 15) is 0 Å². The molecule has 2 aromatic carbocycles. The Hall–Kier alpha value is -2.62. The van der Waals surface area contributed by atoms with Crippen molar-refractivity contribution in [3.8, 4) is 28.5 Å². The number of hydrogen-bond donors (Lipinski definition) is 0. The van der Waals surface area contributed by atoms with E-state index in [1.807, 2.05) is 16.8 Å². The molecule has 0 amide bonds. The first kappa shape index (κ1) is 14.7. The molecule has 4 nitrogen and oxygen atoms in total. The van der Waals surface area contributed by atoms with Crippen LogP contribution in [0.2, 0.25) is 0 Å². The van der Waals surface area contributed by atoms with Gasteiger partial charge in [-0.1, -0.05) is 42.8 Å². The SMILES string of the molecule is c1cc(OC2CCCCC2)cc(-c2nc3n(n2)Cc2ccccc2-3)c1. The van der Waals surface area contributed by atoms with Gasteiger partial charge in [-0.3, -0.25) is 0 Å². The number of nitrogens with zero attached hydrogens (tertiary/aromatic N) is 3. The van der Waals surface area contributed by atoms with Gasteiger partial charge in [0.05, 0.1) is 12.6 Å². The number of fused-ring (bicyclic) bond motifs is 3. The average molecular weight is 331 g/mol. The van der Waals surface area contributed by atoms with Crippen molar-refractivity contribution in [3.05, 3.63) is 54.1 Å². The molecule has 25 heavy (non-hydrogen) atoms. The highest BCUT2D eigenvalue weighted by molar-refractivity contribution is 5.68. The Bertz CT molecular complexity index is 909. The number of hydrogen-bond acceptors (Lipinski definition) is 3. The normalized spacial score (nSPS) is 16.5. The first-order valence-corrected chi connectivity index (χ1v) is 9.17. The maximum Gasteiger partial charge on any atom is 0.181 e. The van der Waals surface area contributed by atoms with Gasteiger partial charge in [0, 0.05) is 11.1 Å². The predicted molar refractivity (Wildman–Crippen MR) is 97.5 cm³/mol. The first-order valence-electron chi connectivity index (χ1n) is 9.17. The quantitative estimate of drug-likeness (QED) is 0.547. The van der Waals surface area contributed by atoms with Crippen LogP contribution in [0, 0.1) is 0 Å². The Morgan fingerprint density at radius 3 is 2.76 bits per heavy atom. The molecular formula is C21H21N3O. The number of rotatable bonds is 3. The lowest BCUT2D eigenvalue weighted by atomic mass is 9.98. The van der Waals surface area contributed by atoms with Crippen LogP contribution in [0.15, 0.2) is 48.5 Å². The van der Waals surface area contributed by atoms with Crippen molar-refractivity contribution >= 4 is 0 Å². The average Bonchev–Trinajstić information content (AvgIpc) is 3.21. The van der Waals surface area contributed by atoms with Crippen molar-refractivity contribution in [1.29, 1.82) is 0 Å². The first-order chi connectivity index (χ1) is 12.4. The van der Waals surface area contributed by atoms with Crippen LogP contribution >= 0.6 is 0 Å². The van der Waals surface area contributed by atoms with Gasteiger partial charge < -0.3 is 4.74 Å². The van der Waals surface area contributed by atoms with Crippen molar-refractivity contribution in [2.75, 3.05) is 0 Å². The maximum absolute atomic E-state index is 6.19. The van der Waals surface area contributed by atoms with Crippen LogP contribution in [0.3, 0.4) is 0 Å². The van der Waals surface area contributed by atoms with E-state index in [4.69, 9.17) is 14.8 Å². The third-order valence-electron chi connectivity index (χ3n) is 5.20. The van der Waals surface area contributed by atoms with E-state index in [1.54, 1.807) is 0 Å². The highest BCUT2D eigenvalue weighted by Gasteiger charge is 2.22. The Balaban J connectivity index is 1.42. The fourth-order valence-corrected chi connectivity index (χ4v) is 3.90. The summed E-state index contributed by atoms with van der Waals surface area (Å²) in [7, 11) is 0.